The molecule has 3 heterocycles. The van der Waals surface area contributed by atoms with E-state index >= 15 is 0 Å². The minimum atomic E-state index is -0.527. The van der Waals surface area contributed by atoms with Gasteiger partial charge in [0.2, 0.25) is 5.95 Å². The lowest BCUT2D eigenvalue weighted by Crippen LogP contribution is -2.52. The standard InChI is InChI=1S/C17H18ClFN6O/c18-10-6-21-16(22-7-10)9-25-14-5-11(19)1-2-13(14)23-17(25)24-4-3-15(26)12(20)8-24/h1-2,5-7,12,15,26H,3-4,8-9,20H2. The number of aliphatic hydroxyl groups excluding tert-OH is 1. The smallest absolute Gasteiger partial charge is 0.207 e. The molecule has 7 nitrogen and oxygen atoms in total. The summed E-state index contributed by atoms with van der Waals surface area (Å²) in [6.07, 6.45) is 3.07. The highest BCUT2D eigenvalue weighted by Gasteiger charge is 2.28. The molecule has 0 saturated carbocycles. The van der Waals surface area contributed by atoms with Crippen molar-refractivity contribution in [2.75, 3.05) is 18.0 Å². The molecule has 3 N–H and O–H groups in total. The molecule has 136 valence electrons. The Morgan fingerprint density at radius 2 is 2.08 bits per heavy atom. The van der Waals surface area contributed by atoms with Gasteiger partial charge in [0.05, 0.1) is 28.7 Å². The first-order valence-corrected chi connectivity index (χ1v) is 8.70. The molecule has 1 saturated heterocycles. The first kappa shape index (κ1) is 17.1. The van der Waals surface area contributed by atoms with Crippen LogP contribution in [0.25, 0.3) is 11.0 Å². The van der Waals surface area contributed by atoms with E-state index < -0.39 is 6.10 Å². The fourth-order valence-corrected chi connectivity index (χ4v) is 3.29. The molecule has 1 fully saturated rings. The number of fused-ring (bicyclic) bond motifs is 1. The molecule has 1 aliphatic rings. The molecule has 0 amide bonds. The fraction of sp³-hybridized carbons (Fsp3) is 0.353. The van der Waals surface area contributed by atoms with Crippen molar-refractivity contribution in [1.82, 2.24) is 19.5 Å². The van der Waals surface area contributed by atoms with Crippen molar-refractivity contribution >= 4 is 28.6 Å². The van der Waals surface area contributed by atoms with Crippen molar-refractivity contribution in [2.24, 2.45) is 5.73 Å². The van der Waals surface area contributed by atoms with E-state index in [2.05, 4.69) is 15.0 Å². The molecular weight excluding hydrogens is 359 g/mol. The largest absolute Gasteiger partial charge is 0.391 e. The van der Waals surface area contributed by atoms with Crippen molar-refractivity contribution in [3.63, 3.8) is 0 Å². The quantitative estimate of drug-likeness (QED) is 0.720. The molecule has 26 heavy (non-hydrogen) atoms. The average Bonchev–Trinajstić information content (AvgIpc) is 2.97. The van der Waals surface area contributed by atoms with E-state index in [1.54, 1.807) is 6.07 Å². The maximum atomic E-state index is 13.8. The Morgan fingerprint density at radius 1 is 1.31 bits per heavy atom. The number of halogens is 2. The van der Waals surface area contributed by atoms with Gasteiger partial charge in [-0.25, -0.2) is 19.3 Å². The maximum Gasteiger partial charge on any atom is 0.207 e. The SMILES string of the molecule is NC1CN(c2nc3ccc(F)cc3n2Cc2ncc(Cl)cn2)CCC1O. The van der Waals surface area contributed by atoms with Gasteiger partial charge in [-0.15, -0.1) is 0 Å². The predicted molar refractivity (Wildman–Crippen MR) is 96.6 cm³/mol. The van der Waals surface area contributed by atoms with Crippen molar-refractivity contribution < 1.29 is 9.50 Å². The zero-order valence-electron chi connectivity index (χ0n) is 13.9. The van der Waals surface area contributed by atoms with Gasteiger partial charge in [-0.3, -0.25) is 0 Å². The van der Waals surface area contributed by atoms with Crippen LogP contribution in [0.4, 0.5) is 10.3 Å². The summed E-state index contributed by atoms with van der Waals surface area (Å²) in [5.74, 6) is 0.861. The van der Waals surface area contributed by atoms with E-state index in [0.717, 1.165) is 0 Å². The van der Waals surface area contributed by atoms with Crippen molar-refractivity contribution in [1.29, 1.82) is 0 Å². The van der Waals surface area contributed by atoms with E-state index in [1.165, 1.54) is 24.5 Å². The van der Waals surface area contributed by atoms with Crippen LogP contribution in [0.3, 0.4) is 0 Å². The number of nitrogens with two attached hydrogens (primary N) is 1. The summed E-state index contributed by atoms with van der Waals surface area (Å²) < 4.78 is 15.7. The number of aliphatic hydroxyl groups is 1. The molecule has 0 bridgehead atoms. The monoisotopic (exact) mass is 376 g/mol. The van der Waals surface area contributed by atoms with E-state index in [9.17, 15) is 9.50 Å². The molecule has 2 aromatic heterocycles. The Balaban J connectivity index is 1.77. The van der Waals surface area contributed by atoms with Gasteiger partial charge in [0.1, 0.15) is 11.6 Å². The number of aromatic nitrogens is 4. The molecule has 2 atom stereocenters. The zero-order valence-corrected chi connectivity index (χ0v) is 14.6. The minimum absolute atomic E-state index is 0.320. The molecule has 1 aliphatic heterocycles. The number of hydrogen-bond acceptors (Lipinski definition) is 6. The first-order chi connectivity index (χ1) is 12.5. The number of hydrogen-bond donors (Lipinski definition) is 2. The fourth-order valence-electron chi connectivity index (χ4n) is 3.19. The Morgan fingerprint density at radius 3 is 2.81 bits per heavy atom. The normalized spacial score (nSPS) is 20.7. The highest BCUT2D eigenvalue weighted by atomic mass is 35.5. The van der Waals surface area contributed by atoms with Crippen LogP contribution in [0, 0.1) is 5.82 Å². The van der Waals surface area contributed by atoms with E-state index in [1.807, 2.05) is 9.47 Å². The van der Waals surface area contributed by atoms with Crippen molar-refractivity contribution in [2.45, 2.75) is 25.1 Å². The summed E-state index contributed by atoms with van der Waals surface area (Å²) in [4.78, 5) is 15.1. The molecule has 0 aliphatic carbocycles. The maximum absolute atomic E-state index is 13.8. The topological polar surface area (TPSA) is 93.1 Å². The summed E-state index contributed by atoms with van der Waals surface area (Å²) >= 11 is 5.85. The Kier molecular flexibility index (Phi) is 4.47. The van der Waals surface area contributed by atoms with E-state index in [0.29, 0.717) is 53.9 Å². The van der Waals surface area contributed by atoms with Gasteiger partial charge in [-0.05, 0) is 24.6 Å². The third-order valence-electron chi connectivity index (χ3n) is 4.57. The third kappa shape index (κ3) is 3.23. The van der Waals surface area contributed by atoms with Gasteiger partial charge in [0, 0.05) is 31.5 Å². The third-order valence-corrected chi connectivity index (χ3v) is 4.76. The molecule has 9 heteroatoms. The molecule has 3 aromatic rings. The Bertz CT molecular complexity index is 931. The lowest BCUT2D eigenvalue weighted by atomic mass is 10.0. The average molecular weight is 377 g/mol. The second-order valence-corrected chi connectivity index (χ2v) is 6.85. The van der Waals surface area contributed by atoms with Crippen LogP contribution in [0.2, 0.25) is 5.02 Å². The van der Waals surface area contributed by atoms with Gasteiger partial charge in [0.15, 0.2) is 0 Å². The molecular formula is C17H18ClFN6O. The van der Waals surface area contributed by atoms with Crippen molar-refractivity contribution in [3.8, 4) is 0 Å². The summed E-state index contributed by atoms with van der Waals surface area (Å²) in [6, 6.07) is 4.11. The predicted octanol–water partition coefficient (Wildman–Crippen LogP) is 1.57. The Labute approximate surface area is 154 Å². The second-order valence-electron chi connectivity index (χ2n) is 6.41. The molecule has 0 radical (unpaired) electrons. The van der Waals surface area contributed by atoms with Crippen LogP contribution in [-0.4, -0.2) is 49.9 Å². The second kappa shape index (κ2) is 6.79. The molecule has 4 rings (SSSR count). The van der Waals surface area contributed by atoms with Crippen LogP contribution in [-0.2, 0) is 6.54 Å². The summed E-state index contributed by atoms with van der Waals surface area (Å²) in [5, 5.41) is 10.3. The zero-order chi connectivity index (χ0) is 18.3. The van der Waals surface area contributed by atoms with Crippen LogP contribution < -0.4 is 10.6 Å². The van der Waals surface area contributed by atoms with E-state index in [-0.39, 0.29) is 11.9 Å². The number of piperidine rings is 1. The summed E-state index contributed by atoms with van der Waals surface area (Å²) in [7, 11) is 0. The van der Waals surface area contributed by atoms with Gasteiger partial charge in [-0.2, -0.15) is 0 Å². The highest BCUT2D eigenvalue weighted by Crippen LogP contribution is 2.26. The van der Waals surface area contributed by atoms with E-state index in [4.69, 9.17) is 17.3 Å². The van der Waals surface area contributed by atoms with Crippen LogP contribution in [0.5, 0.6) is 0 Å². The number of rotatable bonds is 3. The summed E-state index contributed by atoms with van der Waals surface area (Å²) in [5.41, 5.74) is 7.34. The van der Waals surface area contributed by atoms with Crippen LogP contribution in [0.1, 0.15) is 12.2 Å². The van der Waals surface area contributed by atoms with Crippen molar-refractivity contribution in [3.05, 3.63) is 47.3 Å². The summed E-state index contributed by atoms with van der Waals surface area (Å²) in [6.45, 7) is 1.40. The number of nitrogens with zero attached hydrogens (tertiary/aromatic N) is 5. The molecule has 2 unspecified atom stereocenters. The molecule has 1 aromatic carbocycles. The minimum Gasteiger partial charge on any atom is -0.391 e. The van der Waals surface area contributed by atoms with Gasteiger partial charge < -0.3 is 20.3 Å². The lowest BCUT2D eigenvalue weighted by molar-refractivity contribution is 0.124. The highest BCUT2D eigenvalue weighted by molar-refractivity contribution is 6.30. The van der Waals surface area contributed by atoms with Gasteiger partial charge >= 0.3 is 0 Å². The van der Waals surface area contributed by atoms with Gasteiger partial charge in [0.25, 0.3) is 0 Å². The number of anilines is 1. The molecule has 0 spiro atoms. The Hall–Kier alpha value is -2.29. The van der Waals surface area contributed by atoms with Crippen LogP contribution >= 0.6 is 11.6 Å². The first-order valence-electron chi connectivity index (χ1n) is 8.32. The number of imidazole rings is 1. The lowest BCUT2D eigenvalue weighted by Gasteiger charge is -2.35. The number of benzene rings is 1. The van der Waals surface area contributed by atoms with Crippen LogP contribution in [0.15, 0.2) is 30.6 Å². The van der Waals surface area contributed by atoms with Gasteiger partial charge in [-0.1, -0.05) is 11.6 Å².